The van der Waals surface area contributed by atoms with Crippen LogP contribution in [0.5, 0.6) is 0 Å². The second-order valence-electron chi connectivity index (χ2n) is 4.60. The Morgan fingerprint density at radius 3 is 2.84 bits per heavy atom. The Labute approximate surface area is 109 Å². The molecule has 0 aromatic heterocycles. The lowest BCUT2D eigenvalue weighted by Crippen LogP contribution is -2.22. The van der Waals surface area contributed by atoms with Crippen LogP contribution in [0.4, 0.5) is 11.4 Å². The average molecular weight is 265 g/mol. The van der Waals surface area contributed by atoms with Crippen LogP contribution in [0.15, 0.2) is 18.2 Å². The Kier molecular flexibility index (Phi) is 3.66. The molecule has 1 aliphatic rings. The number of hydrogen-bond acceptors (Lipinski definition) is 5. The van der Waals surface area contributed by atoms with E-state index < -0.39 is 10.9 Å². The molecule has 102 valence electrons. The van der Waals surface area contributed by atoms with E-state index in [0.717, 1.165) is 19.5 Å². The van der Waals surface area contributed by atoms with Crippen molar-refractivity contribution >= 4 is 17.3 Å². The first-order valence-corrected chi connectivity index (χ1v) is 5.99. The first kappa shape index (κ1) is 13.3. The zero-order chi connectivity index (χ0) is 14.0. The van der Waals surface area contributed by atoms with Crippen LogP contribution in [-0.2, 0) is 0 Å². The van der Waals surface area contributed by atoms with Gasteiger partial charge in [0.05, 0.1) is 4.92 Å². The quantitative estimate of drug-likeness (QED) is 0.622. The normalized spacial score (nSPS) is 18.6. The van der Waals surface area contributed by atoms with Gasteiger partial charge in [-0.2, -0.15) is 0 Å². The maximum atomic E-state index is 11.1. The first-order chi connectivity index (χ1) is 9.02. The van der Waals surface area contributed by atoms with Gasteiger partial charge in [-0.3, -0.25) is 10.1 Å². The number of benzene rings is 1. The van der Waals surface area contributed by atoms with Crippen LogP contribution in [0.25, 0.3) is 0 Å². The number of carboxylic acid groups (broad SMARTS) is 1. The van der Waals surface area contributed by atoms with Gasteiger partial charge in [0, 0.05) is 24.8 Å². The highest BCUT2D eigenvalue weighted by Gasteiger charge is 2.25. The maximum absolute atomic E-state index is 11.1. The van der Waals surface area contributed by atoms with E-state index in [1.807, 2.05) is 4.90 Å². The topological polar surface area (TPSA) is 110 Å². The Morgan fingerprint density at radius 1 is 1.58 bits per heavy atom. The van der Waals surface area contributed by atoms with Crippen LogP contribution in [-0.4, -0.2) is 35.6 Å². The van der Waals surface area contributed by atoms with Crippen LogP contribution in [0.3, 0.4) is 0 Å². The molecule has 1 aromatic rings. The SMILES string of the molecule is NCC1CCN(c2ccc([N+](=O)[O-])c(C(=O)O)c2)C1. The molecule has 19 heavy (non-hydrogen) atoms. The Bertz CT molecular complexity index is 518. The van der Waals surface area contributed by atoms with E-state index in [1.165, 1.54) is 12.1 Å². The minimum Gasteiger partial charge on any atom is -0.477 e. The van der Waals surface area contributed by atoms with Crippen LogP contribution in [0.1, 0.15) is 16.8 Å². The average Bonchev–Trinajstić information content (AvgIpc) is 2.86. The fraction of sp³-hybridized carbons (Fsp3) is 0.417. The smallest absolute Gasteiger partial charge is 0.342 e. The number of nitrogens with zero attached hydrogens (tertiary/aromatic N) is 2. The van der Waals surface area contributed by atoms with Crippen molar-refractivity contribution in [3.05, 3.63) is 33.9 Å². The van der Waals surface area contributed by atoms with Crippen LogP contribution >= 0.6 is 0 Å². The third-order valence-corrected chi connectivity index (χ3v) is 3.39. The Morgan fingerprint density at radius 2 is 2.32 bits per heavy atom. The molecule has 0 bridgehead atoms. The summed E-state index contributed by atoms with van der Waals surface area (Å²) in [5.41, 5.74) is 5.64. The van der Waals surface area contributed by atoms with Crippen molar-refractivity contribution in [1.29, 1.82) is 0 Å². The Balaban J connectivity index is 2.31. The molecule has 0 radical (unpaired) electrons. The van der Waals surface area contributed by atoms with Gasteiger partial charge in [0.25, 0.3) is 5.69 Å². The molecule has 1 unspecified atom stereocenters. The standard InChI is InChI=1S/C12H15N3O4/c13-6-8-3-4-14(7-8)9-1-2-11(15(18)19)10(5-9)12(16)17/h1-2,5,8H,3-4,6-7,13H2,(H,16,17). The lowest BCUT2D eigenvalue weighted by Gasteiger charge is -2.18. The van der Waals surface area contributed by atoms with Gasteiger partial charge in [-0.25, -0.2) is 4.79 Å². The number of anilines is 1. The fourth-order valence-corrected chi connectivity index (χ4v) is 2.31. The summed E-state index contributed by atoms with van der Waals surface area (Å²) in [5.74, 6) is -0.897. The zero-order valence-electron chi connectivity index (χ0n) is 10.3. The van der Waals surface area contributed by atoms with Gasteiger partial charge >= 0.3 is 5.97 Å². The molecular formula is C12H15N3O4. The van der Waals surface area contributed by atoms with Gasteiger partial charge in [0.15, 0.2) is 0 Å². The maximum Gasteiger partial charge on any atom is 0.342 e. The third kappa shape index (κ3) is 2.65. The molecule has 3 N–H and O–H groups in total. The van der Waals surface area contributed by atoms with Crippen molar-refractivity contribution in [2.75, 3.05) is 24.5 Å². The minimum atomic E-state index is -1.29. The number of aromatic carboxylic acids is 1. The molecule has 2 rings (SSSR count). The van der Waals surface area contributed by atoms with Gasteiger partial charge in [-0.15, -0.1) is 0 Å². The molecule has 0 saturated carbocycles. The van der Waals surface area contributed by atoms with E-state index in [0.29, 0.717) is 18.2 Å². The van der Waals surface area contributed by atoms with E-state index in [9.17, 15) is 14.9 Å². The van der Waals surface area contributed by atoms with Crippen LogP contribution in [0.2, 0.25) is 0 Å². The van der Waals surface area contributed by atoms with Crippen molar-refractivity contribution in [2.45, 2.75) is 6.42 Å². The van der Waals surface area contributed by atoms with Crippen molar-refractivity contribution in [3.63, 3.8) is 0 Å². The number of nitrogens with two attached hydrogens (primary N) is 1. The van der Waals surface area contributed by atoms with E-state index in [2.05, 4.69) is 0 Å². The Hall–Kier alpha value is -2.15. The summed E-state index contributed by atoms with van der Waals surface area (Å²) in [5, 5.41) is 19.8. The zero-order valence-corrected chi connectivity index (χ0v) is 10.3. The molecule has 1 saturated heterocycles. The summed E-state index contributed by atoms with van der Waals surface area (Å²) in [6.07, 6.45) is 0.954. The molecule has 0 spiro atoms. The van der Waals surface area contributed by atoms with Crippen molar-refractivity contribution < 1.29 is 14.8 Å². The highest BCUT2D eigenvalue weighted by molar-refractivity contribution is 5.93. The summed E-state index contributed by atoms with van der Waals surface area (Å²) in [6, 6.07) is 4.19. The predicted molar refractivity (Wildman–Crippen MR) is 69.4 cm³/mol. The second-order valence-corrected chi connectivity index (χ2v) is 4.60. The summed E-state index contributed by atoms with van der Waals surface area (Å²) in [4.78, 5) is 23.2. The third-order valence-electron chi connectivity index (χ3n) is 3.39. The summed E-state index contributed by atoms with van der Waals surface area (Å²) in [7, 11) is 0. The van der Waals surface area contributed by atoms with Crippen LogP contribution < -0.4 is 10.6 Å². The monoisotopic (exact) mass is 265 g/mol. The van der Waals surface area contributed by atoms with Gasteiger partial charge in [0.1, 0.15) is 5.56 Å². The van der Waals surface area contributed by atoms with E-state index in [1.54, 1.807) is 6.07 Å². The molecule has 0 amide bonds. The summed E-state index contributed by atoms with van der Waals surface area (Å²) in [6.45, 7) is 2.14. The molecule has 1 heterocycles. The largest absolute Gasteiger partial charge is 0.477 e. The summed E-state index contributed by atoms with van der Waals surface area (Å²) < 4.78 is 0. The van der Waals surface area contributed by atoms with E-state index in [4.69, 9.17) is 10.8 Å². The fourth-order valence-electron chi connectivity index (χ4n) is 2.31. The number of hydrogen-bond donors (Lipinski definition) is 2. The van der Waals surface area contributed by atoms with Crippen molar-refractivity contribution in [2.24, 2.45) is 11.7 Å². The van der Waals surface area contributed by atoms with Crippen molar-refractivity contribution in [1.82, 2.24) is 0 Å². The first-order valence-electron chi connectivity index (χ1n) is 5.99. The summed E-state index contributed by atoms with van der Waals surface area (Å²) >= 11 is 0. The lowest BCUT2D eigenvalue weighted by molar-refractivity contribution is -0.385. The van der Waals surface area contributed by atoms with Gasteiger partial charge < -0.3 is 15.7 Å². The molecule has 1 fully saturated rings. The molecule has 1 aliphatic heterocycles. The second kappa shape index (κ2) is 5.23. The highest BCUT2D eigenvalue weighted by Crippen LogP contribution is 2.28. The molecule has 7 heteroatoms. The van der Waals surface area contributed by atoms with E-state index in [-0.39, 0.29) is 11.3 Å². The number of rotatable bonds is 4. The van der Waals surface area contributed by atoms with Gasteiger partial charge in [0.2, 0.25) is 0 Å². The predicted octanol–water partition coefficient (Wildman–Crippen LogP) is 1.08. The number of nitro groups is 1. The minimum absolute atomic E-state index is 0.279. The number of carboxylic acids is 1. The molecule has 0 aliphatic carbocycles. The highest BCUT2D eigenvalue weighted by atomic mass is 16.6. The van der Waals surface area contributed by atoms with Crippen molar-refractivity contribution in [3.8, 4) is 0 Å². The number of carbonyl (C=O) groups is 1. The molecule has 1 atom stereocenters. The van der Waals surface area contributed by atoms with Gasteiger partial charge in [-0.1, -0.05) is 0 Å². The molecule has 7 nitrogen and oxygen atoms in total. The molecule has 1 aromatic carbocycles. The van der Waals surface area contributed by atoms with E-state index >= 15 is 0 Å². The van der Waals surface area contributed by atoms with Crippen LogP contribution in [0, 0.1) is 16.0 Å². The van der Waals surface area contributed by atoms with Gasteiger partial charge in [-0.05, 0) is 31.0 Å². The number of nitro benzene ring substituents is 1. The molecular weight excluding hydrogens is 250 g/mol. The lowest BCUT2D eigenvalue weighted by atomic mass is 10.1.